The van der Waals surface area contributed by atoms with E-state index in [1.165, 1.54) is 5.06 Å². The smallest absolute Gasteiger partial charge is 0.236 e. The first kappa shape index (κ1) is 6.37. The summed E-state index contributed by atoms with van der Waals surface area (Å²) in [5.41, 5.74) is 1.01. The van der Waals surface area contributed by atoms with Gasteiger partial charge >= 0.3 is 0 Å². The highest BCUT2D eigenvalue weighted by Gasteiger charge is 2.36. The van der Waals surface area contributed by atoms with Crippen LogP contribution in [0.2, 0.25) is 0 Å². The van der Waals surface area contributed by atoms with Crippen LogP contribution in [0.3, 0.4) is 0 Å². The van der Waals surface area contributed by atoms with Crippen LogP contribution in [0, 0.1) is 0 Å². The quantitative estimate of drug-likeness (QED) is 0.465. The highest BCUT2D eigenvalue weighted by molar-refractivity contribution is 5.49. The second-order valence-corrected chi connectivity index (χ2v) is 2.33. The second kappa shape index (κ2) is 2.36. The van der Waals surface area contributed by atoms with E-state index >= 15 is 0 Å². The Morgan fingerprint density at radius 3 is 2.64 bits per heavy atom. The number of rotatable bonds is 2. The summed E-state index contributed by atoms with van der Waals surface area (Å²) < 4.78 is 0. The van der Waals surface area contributed by atoms with Gasteiger partial charge in [0, 0.05) is 5.56 Å². The van der Waals surface area contributed by atoms with Crippen LogP contribution in [0.1, 0.15) is 11.8 Å². The van der Waals surface area contributed by atoms with Crippen LogP contribution >= 0.6 is 0 Å². The second-order valence-electron chi connectivity index (χ2n) is 2.33. The normalized spacial score (nSPS) is 21.5. The molecule has 0 radical (unpaired) electrons. The van der Waals surface area contributed by atoms with Crippen molar-refractivity contribution >= 4 is 6.41 Å². The summed E-state index contributed by atoms with van der Waals surface area (Å²) in [4.78, 5) is 15.1. The molecule has 3 nitrogen and oxygen atoms in total. The third-order valence-corrected chi connectivity index (χ3v) is 1.60. The average molecular weight is 149 g/mol. The lowest BCUT2D eigenvalue weighted by Gasteiger charge is -1.89. The van der Waals surface area contributed by atoms with Crippen molar-refractivity contribution in [2.24, 2.45) is 0 Å². The molecule has 0 spiro atoms. The monoisotopic (exact) mass is 149 g/mol. The molecule has 1 aliphatic rings. The summed E-state index contributed by atoms with van der Waals surface area (Å²) in [7, 11) is 0. The van der Waals surface area contributed by atoms with E-state index in [4.69, 9.17) is 4.84 Å². The Morgan fingerprint density at radius 1 is 1.36 bits per heavy atom. The lowest BCUT2D eigenvalue weighted by molar-refractivity contribution is -0.118. The van der Waals surface area contributed by atoms with Gasteiger partial charge in [-0.25, -0.2) is 4.84 Å². The third kappa shape index (κ3) is 1.10. The molecule has 1 amide bonds. The van der Waals surface area contributed by atoms with Crippen molar-refractivity contribution in [3.05, 3.63) is 35.9 Å². The molecule has 0 aromatic heterocycles. The maximum Gasteiger partial charge on any atom is 0.236 e. The predicted octanol–water partition coefficient (Wildman–Crippen LogP) is 1.09. The van der Waals surface area contributed by atoms with E-state index in [-0.39, 0.29) is 6.23 Å². The van der Waals surface area contributed by atoms with E-state index in [0.29, 0.717) is 6.41 Å². The SMILES string of the molecule is O=CN1OC1c1ccccc1. The van der Waals surface area contributed by atoms with Crippen molar-refractivity contribution in [1.82, 2.24) is 5.06 Å². The molecule has 0 bridgehead atoms. The van der Waals surface area contributed by atoms with Crippen LogP contribution < -0.4 is 0 Å². The summed E-state index contributed by atoms with van der Waals surface area (Å²) >= 11 is 0. The van der Waals surface area contributed by atoms with Gasteiger partial charge < -0.3 is 0 Å². The summed E-state index contributed by atoms with van der Waals surface area (Å²) in [6.07, 6.45) is 0.534. The first-order valence-electron chi connectivity index (χ1n) is 3.37. The van der Waals surface area contributed by atoms with E-state index in [2.05, 4.69) is 0 Å². The fourth-order valence-electron chi connectivity index (χ4n) is 0.994. The highest BCUT2D eigenvalue weighted by atomic mass is 16.8. The fraction of sp³-hybridized carbons (Fsp3) is 0.125. The summed E-state index contributed by atoms with van der Waals surface area (Å²) in [6.45, 7) is 0. The minimum atomic E-state index is -0.145. The molecule has 1 heterocycles. The number of hydrogen-bond donors (Lipinski definition) is 0. The maximum atomic E-state index is 10.2. The van der Waals surface area contributed by atoms with E-state index in [9.17, 15) is 4.79 Å². The molecule has 1 atom stereocenters. The number of benzene rings is 1. The number of carbonyl (C=O) groups excluding carboxylic acids is 1. The lowest BCUT2D eigenvalue weighted by atomic mass is 10.2. The van der Waals surface area contributed by atoms with Crippen molar-refractivity contribution in [2.45, 2.75) is 6.23 Å². The van der Waals surface area contributed by atoms with Gasteiger partial charge in [-0.2, -0.15) is 5.06 Å². The number of carbonyl (C=O) groups is 1. The van der Waals surface area contributed by atoms with Crippen LogP contribution in [0.5, 0.6) is 0 Å². The Labute approximate surface area is 64.1 Å². The number of hydroxylamine groups is 2. The number of nitrogens with zero attached hydrogens (tertiary/aromatic N) is 1. The molecular formula is C8H7NO2. The summed E-state index contributed by atoms with van der Waals surface area (Å²) in [6, 6.07) is 9.61. The summed E-state index contributed by atoms with van der Waals surface area (Å²) in [5.74, 6) is 0. The zero-order valence-electron chi connectivity index (χ0n) is 5.81. The Kier molecular flexibility index (Phi) is 1.36. The van der Waals surface area contributed by atoms with Gasteiger partial charge in [0.2, 0.25) is 12.6 Å². The van der Waals surface area contributed by atoms with Crippen LogP contribution in [-0.4, -0.2) is 11.5 Å². The molecule has 0 aliphatic carbocycles. The molecule has 1 aliphatic heterocycles. The lowest BCUT2D eigenvalue weighted by Crippen LogP contribution is -1.91. The largest absolute Gasteiger partial charge is 0.276 e. The van der Waals surface area contributed by atoms with E-state index < -0.39 is 0 Å². The minimum Gasteiger partial charge on any atom is -0.276 e. The topological polar surface area (TPSA) is 32.6 Å². The van der Waals surface area contributed by atoms with Crippen LogP contribution in [0.25, 0.3) is 0 Å². The fourth-order valence-corrected chi connectivity index (χ4v) is 0.994. The molecular weight excluding hydrogens is 142 g/mol. The zero-order valence-corrected chi connectivity index (χ0v) is 5.81. The van der Waals surface area contributed by atoms with E-state index in [1.807, 2.05) is 30.3 Å². The van der Waals surface area contributed by atoms with Gasteiger partial charge in [0.25, 0.3) is 0 Å². The number of hydrogen-bond acceptors (Lipinski definition) is 2. The maximum absolute atomic E-state index is 10.2. The van der Waals surface area contributed by atoms with Crippen molar-refractivity contribution in [3.63, 3.8) is 0 Å². The molecule has 56 valence electrons. The molecule has 3 heteroatoms. The molecule has 0 saturated carbocycles. The molecule has 1 aromatic rings. The molecule has 2 rings (SSSR count). The van der Waals surface area contributed by atoms with Gasteiger partial charge in [-0.15, -0.1) is 0 Å². The Morgan fingerprint density at radius 2 is 2.09 bits per heavy atom. The third-order valence-electron chi connectivity index (χ3n) is 1.60. The highest BCUT2D eigenvalue weighted by Crippen LogP contribution is 2.34. The first-order chi connectivity index (χ1) is 5.42. The van der Waals surface area contributed by atoms with Gasteiger partial charge in [-0.05, 0) is 0 Å². The van der Waals surface area contributed by atoms with Crippen molar-refractivity contribution in [2.75, 3.05) is 0 Å². The van der Waals surface area contributed by atoms with Crippen LogP contribution in [0.15, 0.2) is 30.3 Å². The van der Waals surface area contributed by atoms with Crippen molar-refractivity contribution in [3.8, 4) is 0 Å². The Bertz CT molecular complexity index is 260. The van der Waals surface area contributed by atoms with Crippen molar-refractivity contribution < 1.29 is 9.63 Å². The van der Waals surface area contributed by atoms with Gasteiger partial charge in [0.1, 0.15) is 0 Å². The first-order valence-corrected chi connectivity index (χ1v) is 3.37. The average Bonchev–Trinajstić information content (AvgIpc) is 2.85. The van der Waals surface area contributed by atoms with Gasteiger partial charge in [0.05, 0.1) is 0 Å². The molecule has 11 heavy (non-hydrogen) atoms. The van der Waals surface area contributed by atoms with Gasteiger partial charge in [-0.1, -0.05) is 30.3 Å². The van der Waals surface area contributed by atoms with Gasteiger partial charge in [0.15, 0.2) is 0 Å². The Hall–Kier alpha value is -1.35. The van der Waals surface area contributed by atoms with E-state index in [0.717, 1.165) is 5.56 Å². The van der Waals surface area contributed by atoms with Crippen LogP contribution in [0.4, 0.5) is 0 Å². The summed E-state index contributed by atoms with van der Waals surface area (Å²) in [5, 5.41) is 1.27. The molecule has 1 aromatic carbocycles. The van der Waals surface area contributed by atoms with Crippen molar-refractivity contribution in [1.29, 1.82) is 0 Å². The molecule has 1 unspecified atom stereocenters. The molecule has 0 N–H and O–H groups in total. The number of amides is 1. The predicted molar refractivity (Wildman–Crippen MR) is 38.2 cm³/mol. The zero-order chi connectivity index (χ0) is 7.68. The Balaban J connectivity index is 2.14. The molecule has 1 fully saturated rings. The minimum absolute atomic E-state index is 0.145. The van der Waals surface area contributed by atoms with Gasteiger partial charge in [-0.3, -0.25) is 4.79 Å². The standard InChI is InChI=1S/C8H7NO2/c10-6-9-8(11-9)7-4-2-1-3-5-7/h1-6,8H. The molecule has 1 saturated heterocycles. The van der Waals surface area contributed by atoms with E-state index in [1.54, 1.807) is 0 Å². The van der Waals surface area contributed by atoms with Crippen LogP contribution in [-0.2, 0) is 9.63 Å².